The Morgan fingerprint density at radius 1 is 0.966 bits per heavy atom. The number of aromatic nitrogens is 4. The minimum absolute atomic E-state index is 0.147. The molecule has 0 bridgehead atoms. The number of para-hydroxylation sites is 1. The van der Waals surface area contributed by atoms with Crippen molar-refractivity contribution in [2.75, 3.05) is 5.32 Å². The van der Waals surface area contributed by atoms with Crippen molar-refractivity contribution >= 4 is 23.4 Å². The number of hydrogen-bond acceptors (Lipinski definition) is 6. The maximum atomic E-state index is 12.3. The molecule has 0 unspecified atom stereocenters. The molecular weight excluding hydrogens is 386 g/mol. The van der Waals surface area contributed by atoms with Crippen LogP contribution in [0.25, 0.3) is 5.69 Å². The third kappa shape index (κ3) is 4.61. The van der Waals surface area contributed by atoms with E-state index in [0.717, 1.165) is 16.9 Å². The van der Waals surface area contributed by atoms with Crippen molar-refractivity contribution in [1.29, 1.82) is 0 Å². The first-order chi connectivity index (χ1) is 14.2. The van der Waals surface area contributed by atoms with Gasteiger partial charge in [-0.15, -0.1) is 5.10 Å². The van der Waals surface area contributed by atoms with Crippen LogP contribution in [0.4, 0.5) is 5.69 Å². The molecule has 0 spiro atoms. The summed E-state index contributed by atoms with van der Waals surface area (Å²) in [6.45, 7) is 0. The lowest BCUT2D eigenvalue weighted by Gasteiger charge is -2.07. The number of anilines is 1. The normalized spacial score (nSPS) is 10.6. The number of benzene rings is 3. The summed E-state index contributed by atoms with van der Waals surface area (Å²) in [4.78, 5) is 12.3. The SMILES string of the molecule is O=C(Nc1ccccc1)c1ccc(CSc2nnnn2-c2ccc(O)cc2)cc1. The van der Waals surface area contributed by atoms with Crippen LogP contribution < -0.4 is 5.32 Å². The number of phenolic OH excluding ortho intramolecular Hbond substituents is 1. The Morgan fingerprint density at radius 3 is 2.41 bits per heavy atom. The number of amides is 1. The van der Waals surface area contributed by atoms with Crippen LogP contribution in [0.15, 0.2) is 84.0 Å². The number of carbonyl (C=O) groups excluding carboxylic acids is 1. The number of nitrogens with one attached hydrogen (secondary N) is 1. The van der Waals surface area contributed by atoms with Crippen LogP contribution in [-0.2, 0) is 5.75 Å². The van der Waals surface area contributed by atoms with Crippen LogP contribution in [0, 0.1) is 0 Å². The van der Waals surface area contributed by atoms with Gasteiger partial charge in [0.2, 0.25) is 5.16 Å². The molecule has 0 aliphatic carbocycles. The number of tetrazole rings is 1. The maximum Gasteiger partial charge on any atom is 0.255 e. The van der Waals surface area contributed by atoms with Gasteiger partial charge >= 0.3 is 0 Å². The Kier molecular flexibility index (Phi) is 5.53. The predicted molar refractivity (Wildman–Crippen MR) is 111 cm³/mol. The van der Waals surface area contributed by atoms with E-state index in [1.165, 1.54) is 11.8 Å². The molecular formula is C21H17N5O2S. The van der Waals surface area contributed by atoms with E-state index in [4.69, 9.17) is 0 Å². The lowest BCUT2D eigenvalue weighted by Crippen LogP contribution is -2.11. The van der Waals surface area contributed by atoms with E-state index in [-0.39, 0.29) is 11.7 Å². The second-order valence-corrected chi connectivity index (χ2v) is 7.14. The van der Waals surface area contributed by atoms with Crippen molar-refractivity contribution < 1.29 is 9.90 Å². The zero-order chi connectivity index (χ0) is 20.1. The smallest absolute Gasteiger partial charge is 0.255 e. The van der Waals surface area contributed by atoms with Gasteiger partial charge in [-0.2, -0.15) is 4.68 Å². The summed E-state index contributed by atoms with van der Waals surface area (Å²) in [7, 11) is 0. The first-order valence-electron chi connectivity index (χ1n) is 8.85. The zero-order valence-electron chi connectivity index (χ0n) is 15.3. The summed E-state index contributed by atoms with van der Waals surface area (Å²) >= 11 is 1.49. The number of rotatable bonds is 6. The molecule has 2 N–H and O–H groups in total. The van der Waals surface area contributed by atoms with Gasteiger partial charge in [-0.3, -0.25) is 4.79 Å². The maximum absolute atomic E-state index is 12.3. The summed E-state index contributed by atoms with van der Waals surface area (Å²) in [5, 5.41) is 24.7. The van der Waals surface area contributed by atoms with Gasteiger partial charge < -0.3 is 10.4 Å². The van der Waals surface area contributed by atoms with Gasteiger partial charge in [0, 0.05) is 17.0 Å². The van der Waals surface area contributed by atoms with Gasteiger partial charge in [0.25, 0.3) is 5.91 Å². The van der Waals surface area contributed by atoms with Crippen LogP contribution in [-0.4, -0.2) is 31.2 Å². The van der Waals surface area contributed by atoms with Crippen molar-refractivity contribution in [2.45, 2.75) is 10.9 Å². The highest BCUT2D eigenvalue weighted by Crippen LogP contribution is 2.23. The van der Waals surface area contributed by atoms with Crippen LogP contribution in [0.2, 0.25) is 0 Å². The molecule has 4 aromatic rings. The molecule has 0 fully saturated rings. The lowest BCUT2D eigenvalue weighted by molar-refractivity contribution is 0.102. The van der Waals surface area contributed by atoms with Crippen LogP contribution >= 0.6 is 11.8 Å². The molecule has 0 aliphatic rings. The van der Waals surface area contributed by atoms with Gasteiger partial charge in [0.15, 0.2) is 0 Å². The average molecular weight is 403 g/mol. The van der Waals surface area contributed by atoms with Crippen molar-refractivity contribution in [3.05, 3.63) is 90.0 Å². The third-order valence-corrected chi connectivity index (χ3v) is 5.14. The Bertz CT molecular complexity index is 1100. The Hall–Kier alpha value is -3.65. The largest absolute Gasteiger partial charge is 0.508 e. The first kappa shape index (κ1) is 18.7. The van der Waals surface area contributed by atoms with Gasteiger partial charge in [-0.05, 0) is 64.5 Å². The molecule has 1 amide bonds. The minimum atomic E-state index is -0.147. The summed E-state index contributed by atoms with van der Waals surface area (Å²) in [6.07, 6.45) is 0. The highest BCUT2D eigenvalue weighted by Gasteiger charge is 2.10. The van der Waals surface area contributed by atoms with Crippen molar-refractivity contribution in [2.24, 2.45) is 0 Å². The molecule has 4 rings (SSSR count). The van der Waals surface area contributed by atoms with E-state index in [0.29, 0.717) is 16.5 Å². The number of hydrogen-bond donors (Lipinski definition) is 2. The molecule has 0 atom stereocenters. The highest BCUT2D eigenvalue weighted by molar-refractivity contribution is 7.98. The molecule has 1 heterocycles. The Morgan fingerprint density at radius 2 is 1.69 bits per heavy atom. The van der Waals surface area contributed by atoms with Crippen LogP contribution in [0.5, 0.6) is 5.75 Å². The Labute approximate surface area is 171 Å². The van der Waals surface area contributed by atoms with Gasteiger partial charge in [-0.1, -0.05) is 42.1 Å². The Balaban J connectivity index is 1.39. The fraction of sp³-hybridized carbons (Fsp3) is 0.0476. The molecule has 0 saturated heterocycles. The first-order valence-corrected chi connectivity index (χ1v) is 9.83. The van der Waals surface area contributed by atoms with E-state index in [1.54, 1.807) is 41.1 Å². The van der Waals surface area contributed by atoms with Crippen molar-refractivity contribution in [3.63, 3.8) is 0 Å². The van der Waals surface area contributed by atoms with Crippen molar-refractivity contribution in [1.82, 2.24) is 20.2 Å². The molecule has 7 nitrogen and oxygen atoms in total. The number of phenols is 1. The van der Waals surface area contributed by atoms with E-state index in [1.807, 2.05) is 42.5 Å². The van der Waals surface area contributed by atoms with Gasteiger partial charge in [0.1, 0.15) is 5.75 Å². The van der Waals surface area contributed by atoms with Crippen LogP contribution in [0.3, 0.4) is 0 Å². The summed E-state index contributed by atoms with van der Waals surface area (Å²) in [5.41, 5.74) is 3.17. The molecule has 0 aliphatic heterocycles. The van der Waals surface area contributed by atoms with E-state index < -0.39 is 0 Å². The average Bonchev–Trinajstić information content (AvgIpc) is 3.22. The standard InChI is InChI=1S/C21H17N5O2S/c27-19-12-10-18(11-13-19)26-21(23-24-25-26)29-14-15-6-8-16(9-7-15)20(28)22-17-4-2-1-3-5-17/h1-13,27H,14H2,(H,22,28). The molecule has 29 heavy (non-hydrogen) atoms. The number of nitrogens with zero attached hydrogens (tertiary/aromatic N) is 4. The van der Waals surface area contributed by atoms with Gasteiger partial charge in [0.05, 0.1) is 5.69 Å². The van der Waals surface area contributed by atoms with E-state index in [9.17, 15) is 9.90 Å². The van der Waals surface area contributed by atoms with Crippen molar-refractivity contribution in [3.8, 4) is 11.4 Å². The van der Waals surface area contributed by atoms with Gasteiger partial charge in [-0.25, -0.2) is 0 Å². The summed E-state index contributed by atoms with van der Waals surface area (Å²) in [5.74, 6) is 0.693. The monoisotopic (exact) mass is 403 g/mol. The molecule has 144 valence electrons. The van der Waals surface area contributed by atoms with E-state index >= 15 is 0 Å². The van der Waals surface area contributed by atoms with E-state index in [2.05, 4.69) is 20.8 Å². The molecule has 0 saturated carbocycles. The van der Waals surface area contributed by atoms with Crippen LogP contribution in [0.1, 0.15) is 15.9 Å². The molecule has 8 heteroatoms. The lowest BCUT2D eigenvalue weighted by atomic mass is 10.1. The topological polar surface area (TPSA) is 92.9 Å². The highest BCUT2D eigenvalue weighted by atomic mass is 32.2. The second-order valence-electron chi connectivity index (χ2n) is 6.20. The molecule has 1 aromatic heterocycles. The summed E-state index contributed by atoms with van der Waals surface area (Å²) < 4.78 is 1.62. The number of thioether (sulfide) groups is 1. The zero-order valence-corrected chi connectivity index (χ0v) is 16.1. The minimum Gasteiger partial charge on any atom is -0.508 e. The molecule has 3 aromatic carbocycles. The fourth-order valence-electron chi connectivity index (χ4n) is 2.65. The number of carbonyl (C=O) groups is 1. The predicted octanol–water partition coefficient (Wildman–Crippen LogP) is 3.91. The second kappa shape index (κ2) is 8.57. The third-order valence-electron chi connectivity index (χ3n) is 4.15. The molecule has 0 radical (unpaired) electrons. The summed E-state index contributed by atoms with van der Waals surface area (Å²) in [6, 6.07) is 23.5. The fourth-order valence-corrected chi connectivity index (χ4v) is 3.50. The number of aromatic hydroxyl groups is 1. The quantitative estimate of drug-likeness (QED) is 0.474.